The van der Waals surface area contributed by atoms with Gasteiger partial charge in [-0.25, -0.2) is 5.43 Å². The van der Waals surface area contributed by atoms with Crippen molar-refractivity contribution in [2.45, 2.75) is 6.54 Å². The van der Waals surface area contributed by atoms with E-state index in [0.717, 1.165) is 11.1 Å². The minimum atomic E-state index is -0.578. The lowest BCUT2D eigenvalue weighted by Crippen LogP contribution is -2.30. The molecule has 1 aromatic heterocycles. The molecule has 0 radical (unpaired) electrons. The zero-order chi connectivity index (χ0) is 19.2. The van der Waals surface area contributed by atoms with Crippen LogP contribution in [0.4, 0.5) is 0 Å². The fraction of sp³-hybridized carbons (Fsp3) is 0.0500. The number of halogens is 2. The number of hydrogen-bond donors (Lipinski definition) is 1. The Labute approximate surface area is 165 Å². The van der Waals surface area contributed by atoms with Gasteiger partial charge in [0, 0.05) is 16.2 Å². The molecule has 0 saturated heterocycles. The summed E-state index contributed by atoms with van der Waals surface area (Å²) < 4.78 is 1.45. The third kappa shape index (κ3) is 5.06. The number of benzene rings is 2. The van der Waals surface area contributed by atoms with Gasteiger partial charge < -0.3 is 4.57 Å². The van der Waals surface area contributed by atoms with Gasteiger partial charge in [-0.1, -0.05) is 47.5 Å². The van der Waals surface area contributed by atoms with E-state index in [9.17, 15) is 9.59 Å². The smallest absolute Gasteiger partial charge is 0.276 e. The fourth-order valence-corrected chi connectivity index (χ4v) is 2.78. The van der Waals surface area contributed by atoms with Gasteiger partial charge in [0.05, 0.1) is 12.8 Å². The minimum absolute atomic E-state index is 0.00721. The third-order valence-electron chi connectivity index (χ3n) is 3.76. The lowest BCUT2D eigenvalue weighted by Gasteiger charge is -2.08. The lowest BCUT2D eigenvalue weighted by molar-refractivity contribution is 0.0953. The van der Waals surface area contributed by atoms with Crippen molar-refractivity contribution in [3.63, 3.8) is 0 Å². The van der Waals surface area contributed by atoms with Gasteiger partial charge in [-0.15, -0.1) is 0 Å². The molecule has 1 amide bonds. The van der Waals surface area contributed by atoms with Crippen LogP contribution in [-0.2, 0) is 6.54 Å². The molecule has 3 rings (SSSR count). The molecule has 0 saturated carbocycles. The Balaban J connectivity index is 1.73. The second-order valence-corrected chi connectivity index (χ2v) is 6.61. The largest absolute Gasteiger partial charge is 0.310 e. The molecule has 0 unspecified atom stereocenters. The van der Waals surface area contributed by atoms with Gasteiger partial charge >= 0.3 is 0 Å². The van der Waals surface area contributed by atoms with Crippen molar-refractivity contribution in [3.05, 3.63) is 104 Å². The summed E-state index contributed by atoms with van der Waals surface area (Å²) in [6, 6.07) is 17.3. The molecule has 3 aromatic rings. The van der Waals surface area contributed by atoms with Crippen molar-refractivity contribution in [2.75, 3.05) is 0 Å². The first-order valence-corrected chi connectivity index (χ1v) is 8.81. The van der Waals surface area contributed by atoms with Crippen LogP contribution in [-0.4, -0.2) is 16.7 Å². The lowest BCUT2D eigenvalue weighted by atomic mass is 10.2. The first kappa shape index (κ1) is 18.9. The number of carbonyl (C=O) groups excluding carboxylic acids is 1. The van der Waals surface area contributed by atoms with E-state index in [-0.39, 0.29) is 5.56 Å². The van der Waals surface area contributed by atoms with E-state index in [1.807, 2.05) is 12.1 Å². The molecule has 0 bridgehead atoms. The minimum Gasteiger partial charge on any atom is -0.310 e. The first-order chi connectivity index (χ1) is 13.0. The topological polar surface area (TPSA) is 63.5 Å². The average Bonchev–Trinajstić information content (AvgIpc) is 2.65. The summed E-state index contributed by atoms with van der Waals surface area (Å²) in [5.41, 5.74) is 3.60. The summed E-state index contributed by atoms with van der Waals surface area (Å²) in [4.78, 5) is 24.9. The van der Waals surface area contributed by atoms with Gasteiger partial charge in [-0.2, -0.15) is 5.10 Å². The monoisotopic (exact) mass is 399 g/mol. The second-order valence-electron chi connectivity index (χ2n) is 5.74. The molecule has 5 nitrogen and oxygen atoms in total. The van der Waals surface area contributed by atoms with Crippen LogP contribution in [0, 0.1) is 0 Å². The molecule has 1 N–H and O–H groups in total. The van der Waals surface area contributed by atoms with Crippen LogP contribution in [0.1, 0.15) is 21.5 Å². The highest BCUT2D eigenvalue weighted by atomic mass is 35.5. The van der Waals surface area contributed by atoms with Crippen molar-refractivity contribution in [1.29, 1.82) is 0 Å². The highest BCUT2D eigenvalue weighted by Crippen LogP contribution is 2.11. The SMILES string of the molecule is O=C(N/N=C\c1ccc(Cl)cc1)c1cccn(Cc2cccc(Cl)c2)c1=O. The van der Waals surface area contributed by atoms with E-state index in [0.29, 0.717) is 16.6 Å². The molecule has 136 valence electrons. The summed E-state index contributed by atoms with van der Waals surface area (Å²) >= 11 is 11.8. The van der Waals surface area contributed by atoms with Crippen LogP contribution in [0.5, 0.6) is 0 Å². The number of rotatable bonds is 5. The van der Waals surface area contributed by atoms with Crippen LogP contribution in [0.25, 0.3) is 0 Å². The Morgan fingerprint density at radius 3 is 2.56 bits per heavy atom. The van der Waals surface area contributed by atoms with Crippen molar-refractivity contribution in [3.8, 4) is 0 Å². The first-order valence-electron chi connectivity index (χ1n) is 8.06. The van der Waals surface area contributed by atoms with Crippen molar-refractivity contribution in [1.82, 2.24) is 9.99 Å². The highest BCUT2D eigenvalue weighted by Gasteiger charge is 2.11. The number of carbonyl (C=O) groups is 1. The van der Waals surface area contributed by atoms with Gasteiger partial charge in [0.15, 0.2) is 0 Å². The number of hydrazone groups is 1. The molecule has 0 aliphatic heterocycles. The molecule has 7 heteroatoms. The zero-order valence-corrected chi connectivity index (χ0v) is 15.6. The highest BCUT2D eigenvalue weighted by molar-refractivity contribution is 6.30. The predicted octanol–water partition coefficient (Wildman–Crippen LogP) is 3.97. The maximum atomic E-state index is 12.6. The van der Waals surface area contributed by atoms with Crippen molar-refractivity contribution >= 4 is 35.3 Å². The molecule has 0 aliphatic carbocycles. The fourth-order valence-electron chi connectivity index (χ4n) is 2.44. The van der Waals surface area contributed by atoms with E-state index in [1.54, 1.807) is 48.7 Å². The molecular weight excluding hydrogens is 385 g/mol. The van der Waals surface area contributed by atoms with Gasteiger partial charge in [0.25, 0.3) is 11.5 Å². The maximum Gasteiger partial charge on any atom is 0.276 e. The van der Waals surface area contributed by atoms with Crippen molar-refractivity contribution in [2.24, 2.45) is 5.10 Å². The summed E-state index contributed by atoms with van der Waals surface area (Å²) in [7, 11) is 0. The van der Waals surface area contributed by atoms with Crippen LogP contribution >= 0.6 is 23.2 Å². The summed E-state index contributed by atoms with van der Waals surface area (Å²) in [6.45, 7) is 0.314. The van der Waals surface area contributed by atoms with Crippen LogP contribution in [0.15, 0.2) is 76.8 Å². The van der Waals surface area contributed by atoms with Crippen LogP contribution < -0.4 is 11.0 Å². The Morgan fingerprint density at radius 2 is 1.81 bits per heavy atom. The van der Waals surface area contributed by atoms with E-state index in [1.165, 1.54) is 16.8 Å². The maximum absolute atomic E-state index is 12.6. The summed E-state index contributed by atoms with van der Waals surface area (Å²) in [5, 5.41) is 5.08. The standard InChI is InChI=1S/C20H15Cl2N3O2/c21-16-8-6-14(7-9-16)12-23-24-19(26)18-5-2-10-25(20(18)27)13-15-3-1-4-17(22)11-15/h1-12H,13H2,(H,24,26)/b23-12-. The molecule has 0 atom stereocenters. The van der Waals surface area contributed by atoms with Gasteiger partial charge in [0.2, 0.25) is 0 Å². The van der Waals surface area contributed by atoms with Gasteiger partial charge in [0.1, 0.15) is 5.56 Å². The Morgan fingerprint density at radius 1 is 1.04 bits per heavy atom. The molecule has 27 heavy (non-hydrogen) atoms. The third-order valence-corrected chi connectivity index (χ3v) is 4.24. The Hall–Kier alpha value is -2.89. The quantitative estimate of drug-likeness (QED) is 0.521. The Bertz CT molecular complexity index is 1040. The Kier molecular flexibility index (Phi) is 6.06. The number of aromatic nitrogens is 1. The van der Waals surface area contributed by atoms with E-state index in [2.05, 4.69) is 10.5 Å². The zero-order valence-electron chi connectivity index (χ0n) is 14.1. The van der Waals surface area contributed by atoms with E-state index < -0.39 is 11.5 Å². The van der Waals surface area contributed by atoms with Crippen molar-refractivity contribution < 1.29 is 4.79 Å². The predicted molar refractivity (Wildman–Crippen MR) is 108 cm³/mol. The molecule has 0 fully saturated rings. The average molecular weight is 400 g/mol. The number of nitrogens with zero attached hydrogens (tertiary/aromatic N) is 2. The molecule has 2 aromatic carbocycles. The van der Waals surface area contributed by atoms with E-state index in [4.69, 9.17) is 23.2 Å². The number of pyridine rings is 1. The molecule has 0 spiro atoms. The number of hydrogen-bond acceptors (Lipinski definition) is 3. The molecule has 0 aliphatic rings. The van der Waals surface area contributed by atoms with E-state index >= 15 is 0 Å². The molecular formula is C20H15Cl2N3O2. The second kappa shape index (κ2) is 8.66. The summed E-state index contributed by atoms with van der Waals surface area (Å²) in [6.07, 6.45) is 3.10. The number of amides is 1. The summed E-state index contributed by atoms with van der Waals surface area (Å²) in [5.74, 6) is -0.578. The normalized spacial score (nSPS) is 10.9. The number of nitrogens with one attached hydrogen (secondary N) is 1. The van der Waals surface area contributed by atoms with Gasteiger partial charge in [-0.3, -0.25) is 9.59 Å². The van der Waals surface area contributed by atoms with Gasteiger partial charge in [-0.05, 0) is 47.5 Å². The van der Waals surface area contributed by atoms with Crippen LogP contribution in [0.2, 0.25) is 10.0 Å². The van der Waals surface area contributed by atoms with Crippen LogP contribution in [0.3, 0.4) is 0 Å². The molecule has 1 heterocycles.